The predicted octanol–water partition coefficient (Wildman–Crippen LogP) is 1.18. The number of methoxy groups -OCH3 is 1. The number of alkyl halides is 3. The molecule has 6 nitrogen and oxygen atoms in total. The van der Waals surface area contributed by atoms with Gasteiger partial charge in [0, 0.05) is 12.5 Å². The fourth-order valence-electron chi connectivity index (χ4n) is 1.70. The fourth-order valence-corrected chi connectivity index (χ4v) is 1.70. The van der Waals surface area contributed by atoms with Gasteiger partial charge in [0.25, 0.3) is 5.82 Å². The Morgan fingerprint density at radius 1 is 1.32 bits per heavy atom. The summed E-state index contributed by atoms with van der Waals surface area (Å²) in [4.78, 5) is 25.9. The van der Waals surface area contributed by atoms with Gasteiger partial charge in [0.1, 0.15) is 0 Å². The minimum absolute atomic E-state index is 0.0980. The van der Waals surface area contributed by atoms with E-state index in [-0.39, 0.29) is 12.2 Å². The van der Waals surface area contributed by atoms with Crippen LogP contribution < -0.4 is 15.6 Å². The number of carbonyl (C=O) groups is 2. The molecule has 0 bridgehead atoms. The molecular weight excluding hydrogens is 303 g/mol. The summed E-state index contributed by atoms with van der Waals surface area (Å²) in [6.07, 6.45) is -5.35. The van der Waals surface area contributed by atoms with Gasteiger partial charge in [0.2, 0.25) is 5.91 Å². The normalized spacial score (nSPS) is 13.9. The molecule has 1 amide bonds. The third-order valence-electron chi connectivity index (χ3n) is 2.83. The van der Waals surface area contributed by atoms with E-state index in [0.29, 0.717) is 5.69 Å². The number of aromatic nitrogens is 1. The first-order valence-corrected chi connectivity index (χ1v) is 6.39. The van der Waals surface area contributed by atoms with Crippen molar-refractivity contribution < 1.29 is 32.5 Å². The largest absolute Gasteiger partial charge is 0.464 e. The molecule has 0 radical (unpaired) electrons. The van der Waals surface area contributed by atoms with Gasteiger partial charge in [-0.3, -0.25) is 10.1 Å². The van der Waals surface area contributed by atoms with Gasteiger partial charge in [-0.15, -0.1) is 0 Å². The number of aromatic amines is 1. The van der Waals surface area contributed by atoms with E-state index in [9.17, 15) is 22.8 Å². The Hall–Kier alpha value is -2.32. The zero-order chi connectivity index (χ0) is 17.0. The highest BCUT2D eigenvalue weighted by Gasteiger charge is 2.67. The molecule has 0 saturated heterocycles. The van der Waals surface area contributed by atoms with Gasteiger partial charge in [-0.05, 0) is 13.0 Å². The second kappa shape index (κ2) is 6.63. The first kappa shape index (κ1) is 17.7. The number of halogens is 3. The van der Waals surface area contributed by atoms with Crippen molar-refractivity contribution >= 4 is 17.7 Å². The van der Waals surface area contributed by atoms with Crippen LogP contribution in [0.25, 0.3) is 0 Å². The predicted molar refractivity (Wildman–Crippen MR) is 70.6 cm³/mol. The van der Waals surface area contributed by atoms with E-state index < -0.39 is 23.7 Å². The Labute approximate surface area is 125 Å². The number of hydrogen-bond acceptors (Lipinski definition) is 4. The Bertz CT molecular complexity index is 563. The third kappa shape index (κ3) is 3.66. The van der Waals surface area contributed by atoms with Gasteiger partial charge >= 0.3 is 17.8 Å². The molecule has 122 valence electrons. The van der Waals surface area contributed by atoms with Crippen LogP contribution in [0.2, 0.25) is 0 Å². The molecule has 3 N–H and O–H groups in total. The second-order valence-electron chi connectivity index (χ2n) is 4.51. The van der Waals surface area contributed by atoms with Crippen molar-refractivity contribution in [1.29, 1.82) is 0 Å². The molecule has 0 aliphatic rings. The number of aryl methyl sites for hydroxylation is 1. The van der Waals surface area contributed by atoms with Gasteiger partial charge < -0.3 is 4.74 Å². The summed E-state index contributed by atoms with van der Waals surface area (Å²) in [5, 5.41) is 3.67. The summed E-state index contributed by atoms with van der Waals surface area (Å²) in [7, 11) is 0.808. The van der Waals surface area contributed by atoms with Crippen molar-refractivity contribution in [3.05, 3.63) is 23.9 Å². The van der Waals surface area contributed by atoms with Crippen LogP contribution in [-0.4, -0.2) is 30.8 Å². The molecule has 0 saturated carbocycles. The second-order valence-corrected chi connectivity index (χ2v) is 4.51. The molecule has 1 aromatic heterocycles. The van der Waals surface area contributed by atoms with Crippen molar-refractivity contribution in [2.45, 2.75) is 32.1 Å². The van der Waals surface area contributed by atoms with Crippen LogP contribution >= 0.6 is 0 Å². The topological polar surface area (TPSA) is 81.6 Å². The van der Waals surface area contributed by atoms with E-state index in [2.05, 4.69) is 9.72 Å². The van der Waals surface area contributed by atoms with Gasteiger partial charge in [-0.25, -0.2) is 15.1 Å². The Morgan fingerprint density at radius 2 is 1.95 bits per heavy atom. The number of amides is 1. The van der Waals surface area contributed by atoms with Crippen molar-refractivity contribution in [3.8, 4) is 0 Å². The zero-order valence-electron chi connectivity index (χ0n) is 12.3. The van der Waals surface area contributed by atoms with Gasteiger partial charge in [0.15, 0.2) is 0 Å². The molecule has 1 aromatic rings. The highest BCUT2D eigenvalue weighted by molar-refractivity contribution is 5.90. The summed E-state index contributed by atoms with van der Waals surface area (Å²) in [6, 6.07) is 4.42. The van der Waals surface area contributed by atoms with Crippen LogP contribution in [0.3, 0.4) is 0 Å². The number of ether oxygens (including phenoxy) is 1. The average molecular weight is 320 g/mol. The molecule has 1 rings (SSSR count). The molecule has 22 heavy (non-hydrogen) atoms. The van der Waals surface area contributed by atoms with Crippen molar-refractivity contribution in [2.75, 3.05) is 12.4 Å². The number of H-pyrrole nitrogens is 1. The van der Waals surface area contributed by atoms with Gasteiger partial charge in [-0.2, -0.15) is 13.2 Å². The summed E-state index contributed by atoms with van der Waals surface area (Å²) in [5.74, 6) is -2.72. The lowest BCUT2D eigenvalue weighted by molar-refractivity contribution is -0.372. The lowest BCUT2D eigenvalue weighted by Gasteiger charge is -2.30. The smallest absolute Gasteiger partial charge is 0.464 e. The Morgan fingerprint density at radius 3 is 2.41 bits per heavy atom. The Kier molecular flexibility index (Phi) is 5.34. The van der Waals surface area contributed by atoms with Crippen LogP contribution in [-0.2, 0) is 14.3 Å². The quantitative estimate of drug-likeness (QED) is 0.630. The van der Waals surface area contributed by atoms with E-state index >= 15 is 0 Å². The zero-order valence-corrected chi connectivity index (χ0v) is 12.3. The lowest BCUT2D eigenvalue weighted by atomic mass is 10.1. The lowest BCUT2D eigenvalue weighted by Crippen LogP contribution is -2.69. The molecule has 0 fully saturated rings. The first-order chi connectivity index (χ1) is 10.2. The molecule has 1 heterocycles. The summed E-state index contributed by atoms with van der Waals surface area (Å²) in [6.45, 7) is 3.00. The summed E-state index contributed by atoms with van der Waals surface area (Å²) >= 11 is 0. The van der Waals surface area contributed by atoms with Crippen LogP contribution in [0.4, 0.5) is 19.0 Å². The van der Waals surface area contributed by atoms with Gasteiger partial charge in [0.05, 0.1) is 12.8 Å². The highest BCUT2D eigenvalue weighted by Crippen LogP contribution is 2.32. The number of esters is 1. The maximum atomic E-state index is 13.5. The third-order valence-corrected chi connectivity index (χ3v) is 2.83. The highest BCUT2D eigenvalue weighted by atomic mass is 19.4. The minimum atomic E-state index is -5.12. The average Bonchev–Trinajstić information content (AvgIpc) is 2.44. The summed E-state index contributed by atoms with van der Waals surface area (Å²) < 4.78 is 44.8. The number of pyridine rings is 1. The standard InChI is InChI=1S/C13H16F3N3O3/c1-4-10(20)19-12(11(21)22-3,13(14,15)16)18-9-7-5-6-8(2)17-9/h5-7H,4H2,1-3H3,(H,17,18)(H,19,20)/p+1/t12-/m1/s1. The number of nitrogens with one attached hydrogen (secondary N) is 3. The van der Waals surface area contributed by atoms with E-state index in [1.165, 1.54) is 19.1 Å². The SMILES string of the molecule is CCC(=O)N[C@](Nc1cccc(C)[nH+]1)(C(=O)OC)C(F)(F)F. The van der Waals surface area contributed by atoms with E-state index in [1.807, 2.05) is 5.32 Å². The first-order valence-electron chi connectivity index (χ1n) is 6.39. The van der Waals surface area contributed by atoms with Gasteiger partial charge in [-0.1, -0.05) is 13.0 Å². The van der Waals surface area contributed by atoms with Crippen molar-refractivity contribution in [3.63, 3.8) is 0 Å². The maximum Gasteiger partial charge on any atom is 0.464 e. The monoisotopic (exact) mass is 320 g/mol. The molecule has 9 heteroatoms. The molecule has 0 spiro atoms. The minimum Gasteiger partial charge on any atom is -0.464 e. The molecule has 0 aliphatic carbocycles. The van der Waals surface area contributed by atoms with E-state index in [0.717, 1.165) is 7.11 Å². The molecule has 1 atom stereocenters. The summed E-state index contributed by atoms with van der Waals surface area (Å²) in [5.41, 5.74) is -2.81. The number of hydrogen-bond donors (Lipinski definition) is 2. The number of carbonyl (C=O) groups excluding carboxylic acids is 2. The number of anilines is 1. The molecular formula is C13H17F3N3O3+. The van der Waals surface area contributed by atoms with Crippen LogP contribution in [0.1, 0.15) is 19.0 Å². The van der Waals surface area contributed by atoms with Crippen molar-refractivity contribution in [2.24, 2.45) is 0 Å². The fraction of sp³-hybridized carbons (Fsp3) is 0.462. The van der Waals surface area contributed by atoms with E-state index in [4.69, 9.17) is 0 Å². The van der Waals surface area contributed by atoms with E-state index in [1.54, 1.807) is 18.3 Å². The Balaban J connectivity index is 3.35. The van der Waals surface area contributed by atoms with Crippen LogP contribution in [0.5, 0.6) is 0 Å². The molecule has 0 aliphatic heterocycles. The molecule has 0 unspecified atom stereocenters. The molecule has 0 aromatic carbocycles. The van der Waals surface area contributed by atoms with Crippen LogP contribution in [0, 0.1) is 6.92 Å². The number of rotatable bonds is 5. The van der Waals surface area contributed by atoms with Crippen molar-refractivity contribution in [1.82, 2.24) is 5.32 Å². The van der Waals surface area contributed by atoms with Crippen LogP contribution in [0.15, 0.2) is 18.2 Å². The maximum absolute atomic E-state index is 13.5.